The van der Waals surface area contributed by atoms with Gasteiger partial charge in [-0.3, -0.25) is 4.79 Å². The predicted octanol–water partition coefficient (Wildman–Crippen LogP) is 3.49. The Bertz CT molecular complexity index is 436. The zero-order valence-electron chi connectivity index (χ0n) is 11.2. The van der Waals surface area contributed by atoms with E-state index in [0.717, 1.165) is 36.9 Å². The number of nitrogens with zero attached hydrogens (tertiary/aromatic N) is 1. The molecule has 2 nitrogen and oxygen atoms in total. The normalized spacial score (nSPS) is 20.2. The molecule has 1 atom stereocenters. The van der Waals surface area contributed by atoms with Crippen LogP contribution in [0.2, 0.25) is 0 Å². The molecule has 1 heterocycles. The Labute approximate surface area is 109 Å². The first kappa shape index (κ1) is 12.9. The second-order valence-electron chi connectivity index (χ2n) is 4.93. The molecular weight excluding hydrogens is 222 g/mol. The maximum atomic E-state index is 12.2. The van der Waals surface area contributed by atoms with Gasteiger partial charge in [-0.25, -0.2) is 0 Å². The van der Waals surface area contributed by atoms with Crippen molar-refractivity contribution >= 4 is 11.5 Å². The summed E-state index contributed by atoms with van der Waals surface area (Å²) in [4.78, 5) is 14.3. The van der Waals surface area contributed by atoms with Gasteiger partial charge in [0.05, 0.1) is 0 Å². The molecule has 1 aromatic rings. The monoisotopic (exact) mass is 243 g/mol. The molecule has 1 unspecified atom stereocenters. The smallest absolute Gasteiger partial charge is 0.247 e. The van der Waals surface area contributed by atoms with Crippen molar-refractivity contribution in [2.75, 3.05) is 6.54 Å². The van der Waals surface area contributed by atoms with Crippen molar-refractivity contribution < 1.29 is 4.79 Å². The minimum atomic E-state index is 0.167. The summed E-state index contributed by atoms with van der Waals surface area (Å²) >= 11 is 0. The highest BCUT2D eigenvalue weighted by atomic mass is 16.2. The fraction of sp³-hybridized carbons (Fsp3) is 0.438. The van der Waals surface area contributed by atoms with Gasteiger partial charge in [-0.05, 0) is 37.3 Å². The molecule has 0 spiro atoms. The first-order chi connectivity index (χ1) is 8.72. The summed E-state index contributed by atoms with van der Waals surface area (Å²) in [5.41, 5.74) is 2.17. The molecule has 0 N–H and O–H groups in total. The van der Waals surface area contributed by atoms with Gasteiger partial charge in [0.1, 0.15) is 0 Å². The lowest BCUT2D eigenvalue weighted by Gasteiger charge is -2.22. The van der Waals surface area contributed by atoms with Crippen LogP contribution in [0.1, 0.15) is 38.7 Å². The van der Waals surface area contributed by atoms with Crippen LogP contribution >= 0.6 is 0 Å². The molecule has 0 radical (unpaired) electrons. The Morgan fingerprint density at radius 2 is 2.11 bits per heavy atom. The largest absolute Gasteiger partial charge is 0.336 e. The predicted molar refractivity (Wildman–Crippen MR) is 75.1 cm³/mol. The summed E-state index contributed by atoms with van der Waals surface area (Å²) < 4.78 is 0. The number of hydrogen-bond acceptors (Lipinski definition) is 1. The van der Waals surface area contributed by atoms with Crippen LogP contribution in [0.25, 0.3) is 5.57 Å². The first-order valence-electron chi connectivity index (χ1n) is 6.76. The van der Waals surface area contributed by atoms with Crippen LogP contribution in [0.4, 0.5) is 0 Å². The molecule has 1 fully saturated rings. The fourth-order valence-electron chi connectivity index (χ4n) is 2.60. The Hall–Kier alpha value is -1.57. The summed E-state index contributed by atoms with van der Waals surface area (Å²) in [7, 11) is 0. The summed E-state index contributed by atoms with van der Waals surface area (Å²) in [6, 6.07) is 10.5. The van der Waals surface area contributed by atoms with Gasteiger partial charge in [-0.2, -0.15) is 0 Å². The highest BCUT2D eigenvalue weighted by Crippen LogP contribution is 2.21. The highest BCUT2D eigenvalue weighted by molar-refractivity contribution is 5.95. The Morgan fingerprint density at radius 1 is 1.39 bits per heavy atom. The van der Waals surface area contributed by atoms with E-state index in [4.69, 9.17) is 0 Å². The Morgan fingerprint density at radius 3 is 2.78 bits per heavy atom. The average molecular weight is 243 g/mol. The van der Waals surface area contributed by atoms with E-state index in [0.29, 0.717) is 6.04 Å². The van der Waals surface area contributed by atoms with Crippen molar-refractivity contribution in [3.63, 3.8) is 0 Å². The van der Waals surface area contributed by atoms with E-state index < -0.39 is 0 Å². The number of likely N-dealkylation sites (tertiary alicyclic amines) is 1. The van der Waals surface area contributed by atoms with E-state index in [1.807, 2.05) is 42.2 Å². The molecule has 1 saturated heterocycles. The van der Waals surface area contributed by atoms with Crippen molar-refractivity contribution in [2.45, 2.75) is 39.2 Å². The maximum absolute atomic E-state index is 12.2. The number of carbonyl (C=O) groups excluding carboxylic acids is 1. The summed E-state index contributed by atoms with van der Waals surface area (Å²) in [5.74, 6) is 0.167. The number of allylic oxidation sites excluding steroid dienone is 1. The standard InChI is InChI=1S/C16H21NO/c1-3-15-10-7-11-17(15)16(18)12-13(2)14-8-5-4-6-9-14/h4-6,8-9,12,15H,3,7,10-11H2,1-2H3/b13-12+. The van der Waals surface area contributed by atoms with Crippen LogP contribution in [0.5, 0.6) is 0 Å². The lowest BCUT2D eigenvalue weighted by atomic mass is 10.1. The summed E-state index contributed by atoms with van der Waals surface area (Å²) in [6.07, 6.45) is 5.14. The first-order valence-corrected chi connectivity index (χ1v) is 6.76. The molecule has 18 heavy (non-hydrogen) atoms. The number of amides is 1. The Kier molecular flexibility index (Phi) is 4.19. The van der Waals surface area contributed by atoms with Crippen LogP contribution in [0, 0.1) is 0 Å². The maximum Gasteiger partial charge on any atom is 0.247 e. The molecule has 0 aromatic heterocycles. The van der Waals surface area contributed by atoms with Crippen LogP contribution < -0.4 is 0 Å². The number of hydrogen-bond donors (Lipinski definition) is 0. The van der Waals surface area contributed by atoms with Gasteiger partial charge in [0.25, 0.3) is 0 Å². The summed E-state index contributed by atoms with van der Waals surface area (Å²) in [6.45, 7) is 5.07. The van der Waals surface area contributed by atoms with E-state index in [1.54, 1.807) is 6.08 Å². The summed E-state index contributed by atoms with van der Waals surface area (Å²) in [5, 5.41) is 0. The molecule has 1 aliphatic rings. The lowest BCUT2D eigenvalue weighted by Crippen LogP contribution is -2.33. The molecular formula is C16H21NO. The van der Waals surface area contributed by atoms with Crippen LogP contribution in [-0.2, 0) is 4.79 Å². The van der Waals surface area contributed by atoms with Gasteiger partial charge in [0.15, 0.2) is 0 Å². The molecule has 0 saturated carbocycles. The SMILES string of the molecule is CCC1CCCN1C(=O)/C=C(\C)c1ccccc1. The molecule has 0 aliphatic carbocycles. The van der Waals surface area contributed by atoms with Gasteiger partial charge in [0.2, 0.25) is 5.91 Å². The third kappa shape index (κ3) is 2.81. The highest BCUT2D eigenvalue weighted by Gasteiger charge is 2.25. The quantitative estimate of drug-likeness (QED) is 0.744. The fourth-order valence-corrected chi connectivity index (χ4v) is 2.60. The van der Waals surface area contributed by atoms with Crippen molar-refractivity contribution in [1.29, 1.82) is 0 Å². The van der Waals surface area contributed by atoms with Gasteiger partial charge >= 0.3 is 0 Å². The molecule has 1 amide bonds. The average Bonchev–Trinajstić information content (AvgIpc) is 2.88. The van der Waals surface area contributed by atoms with E-state index in [2.05, 4.69) is 6.92 Å². The second kappa shape index (κ2) is 5.85. The Balaban J connectivity index is 2.10. The second-order valence-corrected chi connectivity index (χ2v) is 4.93. The zero-order valence-corrected chi connectivity index (χ0v) is 11.2. The minimum Gasteiger partial charge on any atom is -0.336 e. The molecule has 1 aromatic carbocycles. The van der Waals surface area contributed by atoms with Gasteiger partial charge in [-0.1, -0.05) is 37.3 Å². The van der Waals surface area contributed by atoms with Crippen molar-refractivity contribution in [3.8, 4) is 0 Å². The van der Waals surface area contributed by atoms with Crippen LogP contribution in [0.3, 0.4) is 0 Å². The molecule has 2 heteroatoms. The zero-order chi connectivity index (χ0) is 13.0. The van der Waals surface area contributed by atoms with Gasteiger partial charge < -0.3 is 4.90 Å². The topological polar surface area (TPSA) is 20.3 Å². The third-order valence-corrected chi connectivity index (χ3v) is 3.70. The van der Waals surface area contributed by atoms with Gasteiger partial charge in [0, 0.05) is 18.7 Å². The molecule has 96 valence electrons. The van der Waals surface area contributed by atoms with E-state index in [9.17, 15) is 4.79 Å². The molecule has 2 rings (SSSR count). The molecule has 0 bridgehead atoms. The van der Waals surface area contributed by atoms with Crippen LogP contribution in [0.15, 0.2) is 36.4 Å². The van der Waals surface area contributed by atoms with E-state index in [1.165, 1.54) is 0 Å². The number of carbonyl (C=O) groups is 1. The lowest BCUT2D eigenvalue weighted by molar-refractivity contribution is -0.126. The molecule has 1 aliphatic heterocycles. The number of benzene rings is 1. The van der Waals surface area contributed by atoms with E-state index >= 15 is 0 Å². The number of rotatable bonds is 3. The van der Waals surface area contributed by atoms with Crippen molar-refractivity contribution in [1.82, 2.24) is 4.90 Å². The van der Waals surface area contributed by atoms with Crippen molar-refractivity contribution in [2.24, 2.45) is 0 Å². The third-order valence-electron chi connectivity index (χ3n) is 3.70. The minimum absolute atomic E-state index is 0.167. The van der Waals surface area contributed by atoms with E-state index in [-0.39, 0.29) is 5.91 Å². The van der Waals surface area contributed by atoms with Crippen LogP contribution in [-0.4, -0.2) is 23.4 Å². The van der Waals surface area contributed by atoms with Crippen molar-refractivity contribution in [3.05, 3.63) is 42.0 Å². The van der Waals surface area contributed by atoms with Gasteiger partial charge in [-0.15, -0.1) is 0 Å².